The molecule has 0 bridgehead atoms. The van der Waals surface area contributed by atoms with Crippen LogP contribution in [0.2, 0.25) is 10.0 Å². The minimum atomic E-state index is -0.991. The van der Waals surface area contributed by atoms with Crippen LogP contribution < -0.4 is 4.74 Å². The largest absolute Gasteiger partial charge is 1.00 e. The fourth-order valence-corrected chi connectivity index (χ4v) is 3.64. The summed E-state index contributed by atoms with van der Waals surface area (Å²) in [4.78, 5) is 27.0. The number of aromatic carboxylic acids is 1. The molecule has 0 unspecified atom stereocenters. The Morgan fingerprint density at radius 1 is 0.771 bits per heavy atom. The summed E-state index contributed by atoms with van der Waals surface area (Å²) in [7, 11) is 0. The quantitative estimate of drug-likeness (QED) is 0.125. The molecule has 0 amide bonds. The molecule has 0 aromatic heterocycles. The number of ether oxygens (including phenoxy) is 1. The zero-order valence-corrected chi connectivity index (χ0v) is 27.9. The zero-order valence-electron chi connectivity index (χ0n) is 25.5. The Kier molecular flexibility index (Phi) is 24.9. The van der Waals surface area contributed by atoms with Crippen molar-refractivity contribution in [2.24, 2.45) is 0 Å². The third kappa shape index (κ3) is 16.6. The van der Waals surface area contributed by atoms with Gasteiger partial charge < -0.3 is 21.7 Å². The van der Waals surface area contributed by atoms with Crippen molar-refractivity contribution in [2.45, 2.75) is 35.1 Å². The van der Waals surface area contributed by atoms with Gasteiger partial charge in [-0.2, -0.15) is 10.5 Å². The van der Waals surface area contributed by atoms with Gasteiger partial charge in [0, 0.05) is 10.0 Å². The van der Waals surface area contributed by atoms with E-state index in [1.54, 1.807) is 55.5 Å². The van der Waals surface area contributed by atoms with Gasteiger partial charge in [0.2, 0.25) is 0 Å². The Labute approximate surface area is 302 Å². The molecule has 4 aromatic carbocycles. The number of hydrogen-bond donors (Lipinski definition) is 1. The van der Waals surface area contributed by atoms with Gasteiger partial charge in [-0.1, -0.05) is 67.0 Å². The molecule has 0 fully saturated rings. The first-order chi connectivity index (χ1) is 21.9. The number of benzene rings is 4. The fraction of sp³-hybridized carbons (Fsp3) is 0.139. The Bertz CT molecular complexity index is 1790. The monoisotopic (exact) mass is 729 g/mol. The summed E-state index contributed by atoms with van der Waals surface area (Å²) in [6.07, 6.45) is 0. The van der Waals surface area contributed by atoms with Crippen molar-refractivity contribution in [3.63, 3.8) is 0 Å². The predicted molar refractivity (Wildman–Crippen MR) is 182 cm³/mol. The van der Waals surface area contributed by atoms with Crippen LogP contribution in [0.4, 0.5) is 11.4 Å². The normalized spacial score (nSPS) is 8.17. The minimum absolute atomic E-state index is 0. The molecule has 248 valence electrons. The van der Waals surface area contributed by atoms with Crippen molar-refractivity contribution >= 4 is 47.0 Å². The molecule has 0 aliphatic carbocycles. The van der Waals surface area contributed by atoms with Gasteiger partial charge in [-0.15, -0.1) is 0 Å². The second-order valence-corrected chi connectivity index (χ2v) is 9.68. The van der Waals surface area contributed by atoms with E-state index in [0.717, 1.165) is 26.7 Å². The van der Waals surface area contributed by atoms with E-state index in [1.165, 1.54) is 18.2 Å². The second-order valence-electron chi connectivity index (χ2n) is 8.84. The van der Waals surface area contributed by atoms with Gasteiger partial charge in [0.25, 0.3) is 6.47 Å². The summed E-state index contributed by atoms with van der Waals surface area (Å²) >= 11 is 11.4. The molecule has 1 N–H and O–H groups in total. The van der Waals surface area contributed by atoms with Crippen LogP contribution in [0.1, 0.15) is 51.2 Å². The van der Waals surface area contributed by atoms with E-state index in [-0.39, 0.29) is 30.1 Å². The number of carboxylic acids is 1. The third-order valence-corrected chi connectivity index (χ3v) is 6.31. The number of nitrogens with zero attached hydrogens (tertiary/aromatic N) is 5. The molecular weight excluding hydrogens is 701 g/mol. The van der Waals surface area contributed by atoms with Crippen molar-refractivity contribution in [3.8, 4) is 17.9 Å². The van der Waals surface area contributed by atoms with Crippen molar-refractivity contribution in [3.05, 3.63) is 151 Å². The van der Waals surface area contributed by atoms with Crippen molar-refractivity contribution in [2.75, 3.05) is 0 Å². The number of nitriles is 2. The second kappa shape index (κ2) is 25.5. The smallest absolute Gasteiger partial charge is 0.512 e. The third-order valence-electron chi connectivity index (χ3n) is 5.65. The molecule has 0 aliphatic heterocycles. The van der Waals surface area contributed by atoms with Crippen molar-refractivity contribution in [1.82, 2.24) is 0 Å². The maximum atomic E-state index is 10.6. The van der Waals surface area contributed by atoms with Gasteiger partial charge in [-0.3, -0.25) is 4.79 Å². The van der Waals surface area contributed by atoms with Gasteiger partial charge in [-0.05, 0) is 86.3 Å². The van der Waals surface area contributed by atoms with E-state index in [4.69, 9.17) is 63.8 Å². The Morgan fingerprint density at radius 3 is 1.56 bits per heavy atom. The molecule has 0 spiro atoms. The molecule has 0 heterocycles. The Morgan fingerprint density at radius 2 is 1.25 bits per heavy atom. The van der Waals surface area contributed by atoms with Crippen LogP contribution in [-0.2, 0) is 21.9 Å². The molecular formula is C36H30Cl2CuN5O4. The molecule has 0 atom stereocenters. The van der Waals surface area contributed by atoms with Crippen LogP contribution in [0, 0.1) is 75.3 Å². The molecule has 0 saturated carbocycles. The number of halogens is 2. The SMILES string of the molecule is C.Cc1cc(Cl)ccc1Cl.Cc1cc(OC=O)ccc1C(=O)O.[C-]#N.[C-]#[N+]c1ccc(C#N)c(C)c1.[C-]#[N+]c1ccc(C#N)c(C)c1.[Cu+]. The summed E-state index contributed by atoms with van der Waals surface area (Å²) < 4.78 is 4.55. The van der Waals surface area contributed by atoms with E-state index >= 15 is 0 Å². The van der Waals surface area contributed by atoms with E-state index in [9.17, 15) is 9.59 Å². The van der Waals surface area contributed by atoms with Gasteiger partial charge in [-0.25, -0.2) is 14.5 Å². The fourth-order valence-electron chi connectivity index (χ4n) is 3.30. The maximum absolute atomic E-state index is 10.6. The Balaban J connectivity index is -0.000000548. The minimum Gasteiger partial charge on any atom is -0.512 e. The molecule has 0 radical (unpaired) electrons. The number of carbonyl (C=O) groups excluding carboxylic acids is 1. The summed E-state index contributed by atoms with van der Waals surface area (Å²) in [5.74, 6) is -0.646. The molecule has 48 heavy (non-hydrogen) atoms. The number of aryl methyl sites for hydroxylation is 4. The molecule has 0 saturated heterocycles. The first-order valence-electron chi connectivity index (χ1n) is 12.7. The number of hydrogen-bond acceptors (Lipinski definition) is 6. The standard InChI is InChI=1S/2C9H6N2.C9H8O4.C7H6Cl2.CN.CH4.Cu/c2*1-7-5-9(11-2)4-3-8(7)6-10;1-6-4-7(13-5-10)2-3-8(6)9(11)12;1-5-4-6(8)2-3-7(5)9;1-2;;/h2*3-5H,1H3;2-5H,1H3,(H,11,12);2-4H,1H3;;1H4;/q;;;;-1;;+1. The zero-order chi connectivity index (χ0) is 35.2. The van der Waals surface area contributed by atoms with Crippen LogP contribution >= 0.6 is 23.2 Å². The van der Waals surface area contributed by atoms with E-state index in [2.05, 4.69) is 14.4 Å². The van der Waals surface area contributed by atoms with Crippen molar-refractivity contribution < 1.29 is 36.5 Å². The molecule has 4 aromatic rings. The summed E-state index contributed by atoms with van der Waals surface area (Å²) in [6, 6.07) is 23.9. The van der Waals surface area contributed by atoms with Crippen LogP contribution in [0.3, 0.4) is 0 Å². The van der Waals surface area contributed by atoms with Crippen LogP contribution in [0.25, 0.3) is 9.69 Å². The maximum Gasteiger partial charge on any atom is 1.00 e. The van der Waals surface area contributed by atoms with Gasteiger partial charge >= 0.3 is 23.0 Å². The predicted octanol–water partition coefficient (Wildman–Crippen LogP) is 10.1. The topological polar surface area (TPSA) is 144 Å². The van der Waals surface area contributed by atoms with E-state index < -0.39 is 5.97 Å². The summed E-state index contributed by atoms with van der Waals surface area (Å²) in [5, 5.41) is 33.5. The van der Waals surface area contributed by atoms with Crippen LogP contribution in [0.5, 0.6) is 5.75 Å². The van der Waals surface area contributed by atoms with Gasteiger partial charge in [0.05, 0.1) is 42.0 Å². The molecule has 12 heteroatoms. The average molecular weight is 731 g/mol. The number of carboxylic acid groups (broad SMARTS) is 1. The first-order valence-corrected chi connectivity index (χ1v) is 13.5. The van der Waals surface area contributed by atoms with E-state index in [1.807, 2.05) is 39.0 Å². The van der Waals surface area contributed by atoms with Gasteiger partial charge in [0.1, 0.15) is 5.75 Å². The first kappa shape index (κ1) is 46.8. The summed E-state index contributed by atoms with van der Waals surface area (Å²) in [5.41, 5.74) is 5.95. The molecule has 9 nitrogen and oxygen atoms in total. The average Bonchev–Trinajstić information content (AvgIpc) is 3.04. The molecule has 4 rings (SSSR count). The Hall–Kier alpha value is -5.63. The summed E-state index contributed by atoms with van der Waals surface area (Å²) in [6.45, 7) is 25.7. The number of carbonyl (C=O) groups is 2. The van der Waals surface area contributed by atoms with Crippen LogP contribution in [0.15, 0.2) is 72.8 Å². The van der Waals surface area contributed by atoms with E-state index in [0.29, 0.717) is 40.3 Å². The van der Waals surface area contributed by atoms with Crippen molar-refractivity contribution in [1.29, 1.82) is 15.8 Å². The van der Waals surface area contributed by atoms with Gasteiger partial charge in [0.15, 0.2) is 11.4 Å². The number of rotatable bonds is 3. The molecule has 0 aliphatic rings. The van der Waals surface area contributed by atoms with Crippen LogP contribution in [-0.4, -0.2) is 17.5 Å².